The Morgan fingerprint density at radius 1 is 1.03 bits per heavy atom. The molecule has 2 aromatic heterocycles. The summed E-state index contributed by atoms with van der Waals surface area (Å²) in [7, 11) is -3.59. The first-order chi connectivity index (χ1) is 14.6. The third-order valence-corrected chi connectivity index (χ3v) is 6.97. The SMILES string of the molecule is O=C(NCc1cccnc1-n1cccn1)c1cccc(S(=O)(=O)N2CCCCC2)c1. The van der Waals surface area contributed by atoms with Gasteiger partial charge in [-0.15, -0.1) is 0 Å². The molecule has 1 aromatic carbocycles. The highest BCUT2D eigenvalue weighted by Crippen LogP contribution is 2.21. The summed E-state index contributed by atoms with van der Waals surface area (Å²) in [5, 5.41) is 7.03. The highest BCUT2D eigenvalue weighted by molar-refractivity contribution is 7.89. The largest absolute Gasteiger partial charge is 0.348 e. The summed E-state index contributed by atoms with van der Waals surface area (Å²) in [4.78, 5) is 17.2. The third-order valence-electron chi connectivity index (χ3n) is 5.08. The van der Waals surface area contributed by atoms with Gasteiger partial charge in [-0.1, -0.05) is 18.6 Å². The van der Waals surface area contributed by atoms with Crippen LogP contribution in [0.25, 0.3) is 5.82 Å². The van der Waals surface area contributed by atoms with Gasteiger partial charge in [-0.05, 0) is 43.2 Å². The number of carbonyl (C=O) groups is 1. The summed E-state index contributed by atoms with van der Waals surface area (Å²) in [6.07, 6.45) is 7.88. The van der Waals surface area contributed by atoms with Gasteiger partial charge in [-0.3, -0.25) is 4.79 Å². The van der Waals surface area contributed by atoms with E-state index in [2.05, 4.69) is 15.4 Å². The van der Waals surface area contributed by atoms with Crippen LogP contribution in [-0.2, 0) is 16.6 Å². The number of nitrogens with one attached hydrogen (secondary N) is 1. The molecule has 30 heavy (non-hydrogen) atoms. The van der Waals surface area contributed by atoms with E-state index in [1.807, 2.05) is 6.07 Å². The zero-order valence-electron chi connectivity index (χ0n) is 16.4. The van der Waals surface area contributed by atoms with Gasteiger partial charge >= 0.3 is 0 Å². The van der Waals surface area contributed by atoms with E-state index in [-0.39, 0.29) is 17.3 Å². The number of pyridine rings is 1. The van der Waals surface area contributed by atoms with Crippen molar-refractivity contribution < 1.29 is 13.2 Å². The van der Waals surface area contributed by atoms with Crippen LogP contribution < -0.4 is 5.32 Å². The van der Waals surface area contributed by atoms with Gasteiger partial charge in [0.1, 0.15) is 0 Å². The number of benzene rings is 1. The molecule has 8 nitrogen and oxygen atoms in total. The number of hydrogen-bond acceptors (Lipinski definition) is 5. The third kappa shape index (κ3) is 4.27. The average molecular weight is 426 g/mol. The second-order valence-electron chi connectivity index (χ2n) is 7.11. The molecule has 4 rings (SSSR count). The lowest BCUT2D eigenvalue weighted by atomic mass is 10.2. The van der Waals surface area contributed by atoms with E-state index in [1.54, 1.807) is 47.5 Å². The number of sulfonamides is 1. The number of piperidine rings is 1. The maximum absolute atomic E-state index is 12.9. The summed E-state index contributed by atoms with van der Waals surface area (Å²) >= 11 is 0. The van der Waals surface area contributed by atoms with Crippen LogP contribution in [0.1, 0.15) is 35.2 Å². The van der Waals surface area contributed by atoms with Crippen LogP contribution in [0.5, 0.6) is 0 Å². The molecular formula is C21H23N5O3S. The van der Waals surface area contributed by atoms with Gasteiger partial charge in [0, 0.05) is 49.4 Å². The van der Waals surface area contributed by atoms with Gasteiger partial charge in [0.05, 0.1) is 4.90 Å². The quantitative estimate of drug-likeness (QED) is 0.654. The minimum atomic E-state index is -3.59. The highest BCUT2D eigenvalue weighted by Gasteiger charge is 2.26. The van der Waals surface area contributed by atoms with E-state index in [0.717, 1.165) is 24.8 Å². The van der Waals surface area contributed by atoms with Crippen LogP contribution in [0.2, 0.25) is 0 Å². The van der Waals surface area contributed by atoms with Crippen LogP contribution in [0.15, 0.2) is 66.0 Å². The maximum Gasteiger partial charge on any atom is 0.251 e. The molecule has 0 unspecified atom stereocenters. The van der Waals surface area contributed by atoms with Crippen LogP contribution in [0, 0.1) is 0 Å². The molecular weight excluding hydrogens is 402 g/mol. The van der Waals surface area contributed by atoms with Crippen molar-refractivity contribution in [1.82, 2.24) is 24.4 Å². The van der Waals surface area contributed by atoms with Gasteiger partial charge in [0.25, 0.3) is 5.91 Å². The van der Waals surface area contributed by atoms with Gasteiger partial charge in [-0.2, -0.15) is 9.40 Å². The van der Waals surface area contributed by atoms with E-state index in [1.165, 1.54) is 16.4 Å². The average Bonchev–Trinajstić information content (AvgIpc) is 3.33. The lowest BCUT2D eigenvalue weighted by Gasteiger charge is -2.26. The molecule has 1 amide bonds. The minimum Gasteiger partial charge on any atom is -0.348 e. The fraction of sp³-hybridized carbons (Fsp3) is 0.286. The zero-order chi connectivity index (χ0) is 21.0. The van der Waals surface area contributed by atoms with E-state index in [0.29, 0.717) is 24.5 Å². The predicted molar refractivity (Wildman–Crippen MR) is 112 cm³/mol. The predicted octanol–water partition coefficient (Wildman–Crippen LogP) is 2.37. The Hall–Kier alpha value is -3.04. The molecule has 0 spiro atoms. The monoisotopic (exact) mass is 425 g/mol. The molecule has 1 fully saturated rings. The Bertz CT molecular complexity index is 1120. The number of amides is 1. The molecule has 0 saturated carbocycles. The molecule has 3 heterocycles. The van der Waals surface area contributed by atoms with Gasteiger partial charge in [-0.25, -0.2) is 18.1 Å². The number of aromatic nitrogens is 3. The number of hydrogen-bond donors (Lipinski definition) is 1. The summed E-state index contributed by atoms with van der Waals surface area (Å²) in [6, 6.07) is 11.6. The van der Waals surface area contributed by atoms with E-state index in [9.17, 15) is 13.2 Å². The molecule has 156 valence electrons. The summed E-state index contributed by atoms with van der Waals surface area (Å²) < 4.78 is 28.9. The zero-order valence-corrected chi connectivity index (χ0v) is 17.3. The maximum atomic E-state index is 12.9. The first kappa shape index (κ1) is 20.2. The first-order valence-corrected chi connectivity index (χ1v) is 11.3. The minimum absolute atomic E-state index is 0.149. The van der Waals surface area contributed by atoms with Crippen molar-refractivity contribution in [2.75, 3.05) is 13.1 Å². The van der Waals surface area contributed by atoms with Crippen LogP contribution in [0.4, 0.5) is 0 Å². The van der Waals surface area contributed by atoms with Crippen LogP contribution in [0.3, 0.4) is 0 Å². The topological polar surface area (TPSA) is 97.2 Å². The smallest absolute Gasteiger partial charge is 0.251 e. The highest BCUT2D eigenvalue weighted by atomic mass is 32.2. The molecule has 0 bridgehead atoms. The molecule has 9 heteroatoms. The second kappa shape index (κ2) is 8.76. The van der Waals surface area contributed by atoms with Crippen molar-refractivity contribution in [3.05, 3.63) is 72.2 Å². The molecule has 1 aliphatic rings. The second-order valence-corrected chi connectivity index (χ2v) is 9.05. The molecule has 0 atom stereocenters. The number of carbonyl (C=O) groups excluding carboxylic acids is 1. The van der Waals surface area contributed by atoms with Crippen molar-refractivity contribution >= 4 is 15.9 Å². The van der Waals surface area contributed by atoms with E-state index in [4.69, 9.17) is 0 Å². The Morgan fingerprint density at radius 2 is 1.87 bits per heavy atom. The fourth-order valence-corrected chi connectivity index (χ4v) is 5.06. The van der Waals surface area contributed by atoms with E-state index >= 15 is 0 Å². The molecule has 1 N–H and O–H groups in total. The van der Waals surface area contributed by atoms with Crippen molar-refractivity contribution in [3.63, 3.8) is 0 Å². The molecule has 0 aliphatic carbocycles. The van der Waals surface area contributed by atoms with Crippen molar-refractivity contribution in [1.29, 1.82) is 0 Å². The Balaban J connectivity index is 1.50. The van der Waals surface area contributed by atoms with Gasteiger partial charge in [0.2, 0.25) is 10.0 Å². The fourth-order valence-electron chi connectivity index (χ4n) is 3.50. The van der Waals surface area contributed by atoms with Crippen LogP contribution in [-0.4, -0.2) is 46.5 Å². The van der Waals surface area contributed by atoms with E-state index < -0.39 is 10.0 Å². The summed E-state index contributed by atoms with van der Waals surface area (Å²) in [5.74, 6) is 0.283. The summed E-state index contributed by atoms with van der Waals surface area (Å²) in [5.41, 5.74) is 1.10. The normalized spacial score (nSPS) is 15.1. The van der Waals surface area contributed by atoms with Gasteiger partial charge in [0.15, 0.2) is 5.82 Å². The Morgan fingerprint density at radius 3 is 2.63 bits per heavy atom. The Kier molecular flexibility index (Phi) is 5.91. The van der Waals surface area contributed by atoms with Crippen molar-refractivity contribution in [2.24, 2.45) is 0 Å². The number of nitrogens with zero attached hydrogens (tertiary/aromatic N) is 4. The summed E-state index contributed by atoms with van der Waals surface area (Å²) in [6.45, 7) is 1.29. The van der Waals surface area contributed by atoms with Crippen LogP contribution >= 0.6 is 0 Å². The van der Waals surface area contributed by atoms with Crippen molar-refractivity contribution in [3.8, 4) is 5.82 Å². The molecule has 1 saturated heterocycles. The molecule has 3 aromatic rings. The standard InChI is InChI=1S/C21H23N5O3S/c27-21(23-16-18-8-5-10-22-20(18)26-14-6-11-24-26)17-7-4-9-19(15-17)30(28,29)25-12-2-1-3-13-25/h4-11,14-15H,1-3,12-13,16H2,(H,23,27). The lowest BCUT2D eigenvalue weighted by molar-refractivity contribution is 0.0950. The first-order valence-electron chi connectivity index (χ1n) is 9.88. The molecule has 0 radical (unpaired) electrons. The number of rotatable bonds is 6. The van der Waals surface area contributed by atoms with Gasteiger partial charge < -0.3 is 5.32 Å². The molecule has 1 aliphatic heterocycles. The lowest BCUT2D eigenvalue weighted by Crippen LogP contribution is -2.35. The van der Waals surface area contributed by atoms with Crippen molar-refractivity contribution in [2.45, 2.75) is 30.7 Å². The Labute approximate surface area is 175 Å².